The van der Waals surface area contributed by atoms with E-state index in [2.05, 4.69) is 10.6 Å². The Hall–Kier alpha value is -2.93. The van der Waals surface area contributed by atoms with Crippen molar-refractivity contribution in [2.75, 3.05) is 12.4 Å². The molecule has 0 heterocycles. The molecule has 0 saturated heterocycles. The predicted octanol–water partition coefficient (Wildman–Crippen LogP) is 1.92. The fraction of sp³-hybridized carbons (Fsp3) is 0.0625. The molecule has 2 aromatic rings. The van der Waals surface area contributed by atoms with Crippen molar-refractivity contribution in [2.45, 2.75) is 0 Å². The standard InChI is InChI=1S/C16H15N3O3S/c1-22-13-4-2-3-11(9-13)15(21)19-16(23)18-12-7-5-10(6-8-12)14(17)20/h2-9H,1H3,(H2,17,20)(H2,18,19,21,23). The number of nitrogens with one attached hydrogen (secondary N) is 2. The summed E-state index contributed by atoms with van der Waals surface area (Å²) in [4.78, 5) is 23.1. The number of carbonyl (C=O) groups is 2. The largest absolute Gasteiger partial charge is 0.497 e. The number of amides is 2. The number of anilines is 1. The van der Waals surface area contributed by atoms with Gasteiger partial charge in [-0.2, -0.15) is 0 Å². The summed E-state index contributed by atoms with van der Waals surface area (Å²) < 4.78 is 5.07. The first kappa shape index (κ1) is 16.4. The van der Waals surface area contributed by atoms with Gasteiger partial charge in [-0.05, 0) is 54.7 Å². The van der Waals surface area contributed by atoms with E-state index < -0.39 is 5.91 Å². The molecule has 0 saturated carbocycles. The molecule has 0 fully saturated rings. The summed E-state index contributed by atoms with van der Waals surface area (Å²) in [5.74, 6) is -0.279. The number of thiocarbonyl (C=S) groups is 1. The van der Waals surface area contributed by atoms with Crippen molar-refractivity contribution in [1.82, 2.24) is 5.32 Å². The lowest BCUT2D eigenvalue weighted by Gasteiger charge is -2.10. The number of benzene rings is 2. The van der Waals surface area contributed by atoms with Crippen molar-refractivity contribution in [3.8, 4) is 5.75 Å². The average Bonchev–Trinajstić information content (AvgIpc) is 2.55. The van der Waals surface area contributed by atoms with Gasteiger partial charge in [0.05, 0.1) is 7.11 Å². The number of methoxy groups -OCH3 is 1. The van der Waals surface area contributed by atoms with E-state index in [1.807, 2.05) is 0 Å². The van der Waals surface area contributed by atoms with Crippen molar-refractivity contribution in [3.63, 3.8) is 0 Å². The van der Waals surface area contributed by atoms with Gasteiger partial charge in [0.2, 0.25) is 5.91 Å². The quantitative estimate of drug-likeness (QED) is 0.745. The van der Waals surface area contributed by atoms with Gasteiger partial charge in [0, 0.05) is 16.8 Å². The van der Waals surface area contributed by atoms with Gasteiger partial charge in [-0.1, -0.05) is 6.07 Å². The molecule has 23 heavy (non-hydrogen) atoms. The molecular weight excluding hydrogens is 314 g/mol. The van der Waals surface area contributed by atoms with Gasteiger partial charge in [0.25, 0.3) is 5.91 Å². The van der Waals surface area contributed by atoms with E-state index in [0.717, 1.165) is 0 Å². The molecule has 2 amide bonds. The monoisotopic (exact) mass is 329 g/mol. The summed E-state index contributed by atoms with van der Waals surface area (Å²) in [6.45, 7) is 0. The molecule has 2 aromatic carbocycles. The van der Waals surface area contributed by atoms with Crippen LogP contribution in [0.25, 0.3) is 0 Å². The van der Waals surface area contributed by atoms with Crippen molar-refractivity contribution >= 4 is 34.8 Å². The van der Waals surface area contributed by atoms with Gasteiger partial charge < -0.3 is 15.8 Å². The molecule has 4 N–H and O–H groups in total. The SMILES string of the molecule is COc1cccc(C(=O)NC(=S)Nc2ccc(C(N)=O)cc2)c1. The van der Waals surface area contributed by atoms with E-state index >= 15 is 0 Å². The Labute approximate surface area is 138 Å². The van der Waals surface area contributed by atoms with Gasteiger partial charge in [-0.3, -0.25) is 14.9 Å². The number of rotatable bonds is 4. The van der Waals surface area contributed by atoms with Gasteiger partial charge in [-0.15, -0.1) is 0 Å². The van der Waals surface area contributed by atoms with Crippen LogP contribution in [0.3, 0.4) is 0 Å². The minimum absolute atomic E-state index is 0.143. The number of carbonyl (C=O) groups excluding carboxylic acids is 2. The van der Waals surface area contributed by atoms with Gasteiger partial charge in [0.1, 0.15) is 5.75 Å². The highest BCUT2D eigenvalue weighted by Gasteiger charge is 2.09. The Kier molecular flexibility index (Phi) is 5.27. The lowest BCUT2D eigenvalue weighted by molar-refractivity contribution is 0.0974. The zero-order chi connectivity index (χ0) is 16.8. The molecule has 0 spiro atoms. The molecule has 118 valence electrons. The average molecular weight is 329 g/mol. The fourth-order valence-electron chi connectivity index (χ4n) is 1.82. The summed E-state index contributed by atoms with van der Waals surface area (Å²) >= 11 is 5.09. The molecular formula is C16H15N3O3S. The van der Waals surface area contributed by atoms with Gasteiger partial charge in [0.15, 0.2) is 5.11 Å². The van der Waals surface area contributed by atoms with Crippen LogP contribution in [0.1, 0.15) is 20.7 Å². The summed E-state index contributed by atoms with van der Waals surface area (Å²) in [5.41, 5.74) is 6.62. The third kappa shape index (κ3) is 4.52. The first-order valence-electron chi connectivity index (χ1n) is 6.66. The van der Waals surface area contributed by atoms with Crippen LogP contribution in [0.4, 0.5) is 5.69 Å². The number of primary amides is 1. The second-order valence-electron chi connectivity index (χ2n) is 4.58. The van der Waals surface area contributed by atoms with Crippen LogP contribution in [-0.2, 0) is 0 Å². The van der Waals surface area contributed by atoms with E-state index in [-0.39, 0.29) is 11.0 Å². The maximum atomic E-state index is 12.1. The number of hydrogen-bond acceptors (Lipinski definition) is 4. The van der Waals surface area contributed by atoms with Crippen LogP contribution in [0.15, 0.2) is 48.5 Å². The second kappa shape index (κ2) is 7.37. The Morgan fingerprint density at radius 3 is 2.39 bits per heavy atom. The first-order valence-corrected chi connectivity index (χ1v) is 7.06. The zero-order valence-electron chi connectivity index (χ0n) is 12.3. The van der Waals surface area contributed by atoms with Crippen LogP contribution in [0, 0.1) is 0 Å². The molecule has 0 aliphatic rings. The Balaban J connectivity index is 1.98. The number of nitrogens with two attached hydrogens (primary N) is 1. The fourth-order valence-corrected chi connectivity index (χ4v) is 2.03. The van der Waals surface area contributed by atoms with Crippen LogP contribution in [-0.4, -0.2) is 24.0 Å². The Morgan fingerprint density at radius 1 is 1.09 bits per heavy atom. The van der Waals surface area contributed by atoms with Crippen molar-refractivity contribution in [1.29, 1.82) is 0 Å². The molecule has 0 atom stereocenters. The van der Waals surface area contributed by atoms with E-state index in [9.17, 15) is 9.59 Å². The van der Waals surface area contributed by atoms with Crippen LogP contribution >= 0.6 is 12.2 Å². The highest BCUT2D eigenvalue weighted by molar-refractivity contribution is 7.80. The molecule has 0 bridgehead atoms. The lowest BCUT2D eigenvalue weighted by atomic mass is 10.2. The topological polar surface area (TPSA) is 93.4 Å². The van der Waals surface area contributed by atoms with Crippen molar-refractivity contribution < 1.29 is 14.3 Å². The third-order valence-electron chi connectivity index (χ3n) is 2.99. The summed E-state index contributed by atoms with van der Waals surface area (Å²) in [5, 5.41) is 5.56. The molecule has 6 nitrogen and oxygen atoms in total. The van der Waals surface area contributed by atoms with Crippen LogP contribution in [0.5, 0.6) is 5.75 Å². The van der Waals surface area contributed by atoms with E-state index in [0.29, 0.717) is 22.6 Å². The highest BCUT2D eigenvalue weighted by atomic mass is 32.1. The minimum Gasteiger partial charge on any atom is -0.497 e. The van der Waals surface area contributed by atoms with E-state index in [1.165, 1.54) is 7.11 Å². The summed E-state index contributed by atoms with van der Waals surface area (Å²) in [6, 6.07) is 13.1. The van der Waals surface area contributed by atoms with Crippen LogP contribution < -0.4 is 21.1 Å². The molecule has 0 aromatic heterocycles. The predicted molar refractivity (Wildman–Crippen MR) is 91.6 cm³/mol. The smallest absolute Gasteiger partial charge is 0.257 e. The maximum Gasteiger partial charge on any atom is 0.257 e. The minimum atomic E-state index is -0.509. The second-order valence-corrected chi connectivity index (χ2v) is 4.99. The molecule has 7 heteroatoms. The highest BCUT2D eigenvalue weighted by Crippen LogP contribution is 2.13. The molecule has 0 radical (unpaired) electrons. The molecule has 0 aliphatic carbocycles. The Morgan fingerprint density at radius 2 is 1.78 bits per heavy atom. The van der Waals surface area contributed by atoms with Gasteiger partial charge >= 0.3 is 0 Å². The zero-order valence-corrected chi connectivity index (χ0v) is 13.1. The summed E-state index contributed by atoms with van der Waals surface area (Å²) in [6.07, 6.45) is 0. The first-order chi connectivity index (χ1) is 11.0. The van der Waals surface area contributed by atoms with Crippen molar-refractivity contribution in [3.05, 3.63) is 59.7 Å². The van der Waals surface area contributed by atoms with Crippen molar-refractivity contribution in [2.24, 2.45) is 5.73 Å². The maximum absolute atomic E-state index is 12.1. The van der Waals surface area contributed by atoms with E-state index in [1.54, 1.807) is 48.5 Å². The number of ether oxygens (including phenoxy) is 1. The third-order valence-corrected chi connectivity index (χ3v) is 3.19. The van der Waals surface area contributed by atoms with Gasteiger partial charge in [-0.25, -0.2) is 0 Å². The molecule has 0 unspecified atom stereocenters. The number of hydrogen-bond donors (Lipinski definition) is 3. The lowest BCUT2D eigenvalue weighted by Crippen LogP contribution is -2.34. The Bertz CT molecular complexity index is 744. The summed E-state index contributed by atoms with van der Waals surface area (Å²) in [7, 11) is 1.53. The van der Waals surface area contributed by atoms with Crippen LogP contribution in [0.2, 0.25) is 0 Å². The molecule has 0 aliphatic heterocycles. The molecule has 2 rings (SSSR count). The van der Waals surface area contributed by atoms with E-state index in [4.69, 9.17) is 22.7 Å². The normalized spacial score (nSPS) is 9.78.